The number of alkyl halides is 7. The van der Waals surface area contributed by atoms with Crippen LogP contribution < -0.4 is 0 Å². The van der Waals surface area contributed by atoms with Gasteiger partial charge >= 0.3 is 18.0 Å². The maximum Gasteiger partial charge on any atom is 0.434 e. The van der Waals surface area contributed by atoms with Crippen molar-refractivity contribution in [1.82, 2.24) is 0 Å². The molecule has 3 nitrogen and oxygen atoms in total. The van der Waals surface area contributed by atoms with Crippen molar-refractivity contribution in [2.45, 2.75) is 24.1 Å². The Morgan fingerprint density at radius 3 is 1.65 bits per heavy atom. The minimum Gasteiger partial charge on any atom is -0.394 e. The molecule has 0 rings (SSSR count). The Labute approximate surface area is 90.8 Å². The van der Waals surface area contributed by atoms with Crippen molar-refractivity contribution >= 4 is 0 Å². The highest BCUT2D eigenvalue weighted by atomic mass is 19.4. The van der Waals surface area contributed by atoms with Gasteiger partial charge in [-0.2, -0.15) is 26.3 Å². The second-order valence-electron chi connectivity index (χ2n) is 3.02. The van der Waals surface area contributed by atoms with E-state index in [0.29, 0.717) is 0 Å². The monoisotopic (exact) mass is 274 g/mol. The average molecular weight is 274 g/mol. The predicted octanol–water partition coefficient (Wildman–Crippen LogP) is 1.19. The molecule has 0 aliphatic rings. The summed E-state index contributed by atoms with van der Waals surface area (Å²) in [6.45, 7) is -2.86. The lowest BCUT2D eigenvalue weighted by atomic mass is 9.98. The van der Waals surface area contributed by atoms with Crippen LogP contribution in [0.3, 0.4) is 0 Å². The molecular formula is C7H9F7O3. The van der Waals surface area contributed by atoms with Crippen LogP contribution >= 0.6 is 0 Å². The van der Waals surface area contributed by atoms with Gasteiger partial charge in [0, 0.05) is 0 Å². The van der Waals surface area contributed by atoms with Crippen molar-refractivity contribution in [3.8, 4) is 0 Å². The number of halogens is 7. The van der Waals surface area contributed by atoms with Gasteiger partial charge in [-0.05, 0) is 0 Å². The van der Waals surface area contributed by atoms with Crippen molar-refractivity contribution in [2.24, 2.45) is 0 Å². The van der Waals surface area contributed by atoms with Crippen LogP contribution in [-0.2, 0) is 4.74 Å². The zero-order valence-electron chi connectivity index (χ0n) is 8.15. The summed E-state index contributed by atoms with van der Waals surface area (Å²) in [5, 5.41) is 16.8. The molecule has 10 heteroatoms. The van der Waals surface area contributed by atoms with E-state index in [4.69, 9.17) is 10.2 Å². The van der Waals surface area contributed by atoms with E-state index in [0.717, 1.165) is 0 Å². The second kappa shape index (κ2) is 5.36. The molecule has 0 radical (unpaired) electrons. The van der Waals surface area contributed by atoms with Crippen molar-refractivity contribution in [2.75, 3.05) is 19.8 Å². The average Bonchev–Trinajstić information content (AvgIpc) is 2.13. The molecule has 17 heavy (non-hydrogen) atoms. The molecule has 0 bridgehead atoms. The van der Waals surface area contributed by atoms with Crippen molar-refractivity contribution in [3.63, 3.8) is 0 Å². The second-order valence-corrected chi connectivity index (χ2v) is 3.02. The molecule has 0 aromatic heterocycles. The molecule has 0 heterocycles. The van der Waals surface area contributed by atoms with Crippen molar-refractivity contribution in [1.29, 1.82) is 0 Å². The predicted molar refractivity (Wildman–Crippen MR) is 39.9 cm³/mol. The fourth-order valence-electron chi connectivity index (χ4n) is 0.913. The smallest absolute Gasteiger partial charge is 0.394 e. The molecule has 0 saturated carbocycles. The highest BCUT2D eigenvalue weighted by Crippen LogP contribution is 2.48. The van der Waals surface area contributed by atoms with Gasteiger partial charge in [0.1, 0.15) is 6.10 Å². The fraction of sp³-hybridized carbons (Fsp3) is 1.00. The summed E-state index contributed by atoms with van der Waals surface area (Å²) in [5.41, 5.74) is -5.77. The summed E-state index contributed by atoms with van der Waals surface area (Å²) >= 11 is 0. The third-order valence-electron chi connectivity index (χ3n) is 1.80. The molecule has 0 aromatic rings. The molecular weight excluding hydrogens is 265 g/mol. The number of aliphatic hydroxyl groups excluding tert-OH is 2. The summed E-state index contributed by atoms with van der Waals surface area (Å²) in [6.07, 6.45) is -16.1. The maximum atomic E-state index is 13.0. The highest BCUT2D eigenvalue weighted by Gasteiger charge is 2.76. The van der Waals surface area contributed by atoms with Crippen LogP contribution in [-0.4, -0.2) is 54.2 Å². The minimum atomic E-state index is -6.33. The molecule has 0 aliphatic carbocycles. The normalized spacial score (nSPS) is 16.1. The number of ether oxygens (including phenoxy) is 1. The van der Waals surface area contributed by atoms with Gasteiger partial charge in [0.05, 0.1) is 19.8 Å². The van der Waals surface area contributed by atoms with E-state index in [1.165, 1.54) is 0 Å². The Hall–Kier alpha value is -0.610. The maximum absolute atomic E-state index is 13.0. The largest absolute Gasteiger partial charge is 0.434 e. The fourth-order valence-corrected chi connectivity index (χ4v) is 0.913. The lowest BCUT2D eigenvalue weighted by Gasteiger charge is -2.33. The quantitative estimate of drug-likeness (QED) is 0.585. The first-order valence-corrected chi connectivity index (χ1v) is 4.17. The third-order valence-corrected chi connectivity index (χ3v) is 1.80. The van der Waals surface area contributed by atoms with Gasteiger partial charge in [0.25, 0.3) is 0 Å². The van der Waals surface area contributed by atoms with Gasteiger partial charge in [-0.15, -0.1) is 0 Å². The highest BCUT2D eigenvalue weighted by molar-refractivity contribution is 5.00. The van der Waals surface area contributed by atoms with Crippen LogP contribution in [0.25, 0.3) is 0 Å². The standard InChI is InChI=1S/C7H9F7O3/c8-5(6(9,10)11,7(12,13)14)4(16)3-17-2-1-15/h4,15-16H,1-3H2. The molecule has 1 unspecified atom stereocenters. The zero-order valence-corrected chi connectivity index (χ0v) is 8.15. The van der Waals surface area contributed by atoms with E-state index in [2.05, 4.69) is 4.74 Å². The Morgan fingerprint density at radius 2 is 1.35 bits per heavy atom. The molecule has 0 aliphatic heterocycles. The molecule has 0 amide bonds. The van der Waals surface area contributed by atoms with Gasteiger partial charge < -0.3 is 14.9 Å². The summed E-state index contributed by atoms with van der Waals surface area (Å²) in [7, 11) is 0. The van der Waals surface area contributed by atoms with Gasteiger partial charge in [0.2, 0.25) is 0 Å². The van der Waals surface area contributed by atoms with Crippen LogP contribution in [0.4, 0.5) is 30.7 Å². The van der Waals surface area contributed by atoms with Crippen molar-refractivity contribution in [3.05, 3.63) is 0 Å². The first-order valence-electron chi connectivity index (χ1n) is 4.17. The Morgan fingerprint density at radius 1 is 0.941 bits per heavy atom. The Bertz CT molecular complexity index is 223. The third kappa shape index (κ3) is 3.42. The van der Waals surface area contributed by atoms with E-state index in [-0.39, 0.29) is 0 Å². The number of rotatable bonds is 5. The number of aliphatic hydroxyl groups is 2. The van der Waals surface area contributed by atoms with Crippen LogP contribution in [0.1, 0.15) is 0 Å². The summed E-state index contributed by atoms with van der Waals surface area (Å²) in [6, 6.07) is 0. The van der Waals surface area contributed by atoms with E-state index in [1.54, 1.807) is 0 Å². The minimum absolute atomic E-state index is 0.622. The van der Waals surface area contributed by atoms with Crippen molar-refractivity contribution < 1.29 is 45.7 Å². The SMILES string of the molecule is OCCOCC(O)C(F)(C(F)(F)F)C(F)(F)F. The molecule has 2 N–H and O–H groups in total. The van der Waals surface area contributed by atoms with Crippen LogP contribution in [0.2, 0.25) is 0 Å². The van der Waals surface area contributed by atoms with E-state index >= 15 is 0 Å². The van der Waals surface area contributed by atoms with Gasteiger partial charge in [0.15, 0.2) is 0 Å². The van der Waals surface area contributed by atoms with Gasteiger partial charge in [-0.3, -0.25) is 0 Å². The lowest BCUT2D eigenvalue weighted by Crippen LogP contribution is -2.62. The molecule has 0 saturated heterocycles. The molecule has 0 fully saturated rings. The van der Waals surface area contributed by atoms with E-state index in [9.17, 15) is 30.7 Å². The zero-order chi connectivity index (χ0) is 13.9. The van der Waals surface area contributed by atoms with Crippen LogP contribution in [0, 0.1) is 0 Å². The van der Waals surface area contributed by atoms with Crippen LogP contribution in [0.15, 0.2) is 0 Å². The van der Waals surface area contributed by atoms with Gasteiger partial charge in [-0.25, -0.2) is 4.39 Å². The number of hydrogen-bond acceptors (Lipinski definition) is 3. The van der Waals surface area contributed by atoms with E-state index in [1.807, 2.05) is 0 Å². The Kier molecular flexibility index (Phi) is 5.16. The summed E-state index contributed by atoms with van der Waals surface area (Å²) < 4.78 is 89.0. The Balaban J connectivity index is 4.95. The first kappa shape index (κ1) is 16.4. The molecule has 0 aromatic carbocycles. The number of hydrogen-bond donors (Lipinski definition) is 2. The summed E-state index contributed by atoms with van der Waals surface area (Å²) in [5.74, 6) is 0. The molecule has 1 atom stereocenters. The molecule has 0 spiro atoms. The van der Waals surface area contributed by atoms with Crippen LogP contribution in [0.5, 0.6) is 0 Å². The molecule has 104 valence electrons. The van der Waals surface area contributed by atoms with E-state index < -0.39 is 43.9 Å². The van der Waals surface area contributed by atoms with Gasteiger partial charge in [-0.1, -0.05) is 0 Å². The topological polar surface area (TPSA) is 49.7 Å². The lowest BCUT2D eigenvalue weighted by molar-refractivity contribution is -0.367. The first-order chi connectivity index (χ1) is 7.48. The summed E-state index contributed by atoms with van der Waals surface area (Å²) in [4.78, 5) is 0.